The van der Waals surface area contributed by atoms with E-state index >= 15 is 0 Å². The zero-order chi connectivity index (χ0) is 18.6. The first-order valence-corrected chi connectivity index (χ1v) is 8.59. The van der Waals surface area contributed by atoms with Gasteiger partial charge in [0.25, 0.3) is 5.91 Å². The number of anilines is 1. The first-order valence-electron chi connectivity index (χ1n) is 8.59. The first-order chi connectivity index (χ1) is 13.2. The molecule has 27 heavy (non-hydrogen) atoms. The zero-order valence-corrected chi connectivity index (χ0v) is 14.8. The molecular weight excluding hydrogens is 340 g/mol. The normalized spacial score (nSPS) is 10.7. The van der Waals surface area contributed by atoms with Crippen LogP contribution < -0.4 is 5.32 Å². The maximum Gasteiger partial charge on any atom is 0.277 e. The molecule has 6 heteroatoms. The molecule has 0 aliphatic carbocycles. The van der Waals surface area contributed by atoms with Crippen LogP contribution in [0.4, 0.5) is 5.69 Å². The van der Waals surface area contributed by atoms with Gasteiger partial charge in [-0.3, -0.25) is 9.48 Å². The van der Waals surface area contributed by atoms with Gasteiger partial charge in [-0.05, 0) is 18.1 Å². The second-order valence-corrected chi connectivity index (χ2v) is 6.25. The number of carbonyl (C=O) groups excluding carboxylic acids is 1. The molecule has 0 unspecified atom stereocenters. The third-order valence-electron chi connectivity index (χ3n) is 4.29. The van der Waals surface area contributed by atoms with E-state index in [4.69, 9.17) is 4.52 Å². The van der Waals surface area contributed by atoms with E-state index in [0.717, 1.165) is 5.56 Å². The molecule has 4 rings (SSSR count). The van der Waals surface area contributed by atoms with Crippen molar-refractivity contribution in [2.75, 3.05) is 5.32 Å². The van der Waals surface area contributed by atoms with Gasteiger partial charge in [-0.1, -0.05) is 59.8 Å². The monoisotopic (exact) mass is 358 g/mol. The molecule has 4 aromatic rings. The van der Waals surface area contributed by atoms with Crippen LogP contribution in [0.5, 0.6) is 0 Å². The lowest BCUT2D eigenvalue weighted by molar-refractivity contribution is 0.101. The standard InChI is InChI=1S/C21H18N4O2/c1-15-7-5-6-10-17(15)13-25-14-18(12-22-25)23-21(26)19-11-20(27-24-19)16-8-3-2-4-9-16/h2-12,14H,13H2,1H3,(H,23,26). The first kappa shape index (κ1) is 16.8. The van der Waals surface area contributed by atoms with Crippen LogP contribution in [0.15, 0.2) is 77.6 Å². The lowest BCUT2D eigenvalue weighted by atomic mass is 10.1. The van der Waals surface area contributed by atoms with Crippen molar-refractivity contribution in [3.63, 3.8) is 0 Å². The van der Waals surface area contributed by atoms with E-state index in [1.165, 1.54) is 11.1 Å². The molecule has 1 N–H and O–H groups in total. The van der Waals surface area contributed by atoms with Crippen LogP contribution in [0.25, 0.3) is 11.3 Å². The number of hydrogen-bond acceptors (Lipinski definition) is 4. The van der Waals surface area contributed by atoms with Crippen LogP contribution in [-0.4, -0.2) is 20.8 Å². The van der Waals surface area contributed by atoms with Gasteiger partial charge < -0.3 is 9.84 Å². The smallest absolute Gasteiger partial charge is 0.277 e. The lowest BCUT2D eigenvalue weighted by Crippen LogP contribution is -2.11. The number of aryl methyl sites for hydroxylation is 1. The molecule has 134 valence electrons. The fourth-order valence-corrected chi connectivity index (χ4v) is 2.79. The van der Waals surface area contributed by atoms with Gasteiger partial charge >= 0.3 is 0 Å². The molecule has 0 saturated heterocycles. The molecule has 1 amide bonds. The zero-order valence-electron chi connectivity index (χ0n) is 14.8. The molecule has 0 atom stereocenters. The SMILES string of the molecule is Cc1ccccc1Cn1cc(NC(=O)c2cc(-c3ccccc3)on2)cn1. The fourth-order valence-electron chi connectivity index (χ4n) is 2.79. The summed E-state index contributed by atoms with van der Waals surface area (Å²) >= 11 is 0. The Bertz CT molecular complexity index is 1070. The van der Waals surface area contributed by atoms with E-state index in [0.29, 0.717) is 18.0 Å². The predicted octanol–water partition coefficient (Wildman–Crippen LogP) is 4.15. The number of hydrogen-bond donors (Lipinski definition) is 1. The van der Waals surface area contributed by atoms with Crippen molar-refractivity contribution in [3.05, 3.63) is 89.9 Å². The number of rotatable bonds is 5. The highest BCUT2D eigenvalue weighted by molar-refractivity contribution is 6.03. The van der Waals surface area contributed by atoms with E-state index < -0.39 is 0 Å². The fraction of sp³-hybridized carbons (Fsp3) is 0.0952. The van der Waals surface area contributed by atoms with Gasteiger partial charge in [0.15, 0.2) is 11.5 Å². The molecule has 0 radical (unpaired) electrons. The number of nitrogens with zero attached hydrogens (tertiary/aromatic N) is 3. The topological polar surface area (TPSA) is 73.0 Å². The van der Waals surface area contributed by atoms with Crippen LogP contribution >= 0.6 is 0 Å². The quantitative estimate of drug-likeness (QED) is 0.582. The summed E-state index contributed by atoms with van der Waals surface area (Å²) in [7, 11) is 0. The van der Waals surface area contributed by atoms with Crippen LogP contribution in [0.2, 0.25) is 0 Å². The molecule has 0 spiro atoms. The summed E-state index contributed by atoms with van der Waals surface area (Å²) in [4.78, 5) is 12.4. The second-order valence-electron chi connectivity index (χ2n) is 6.25. The molecule has 0 bridgehead atoms. The van der Waals surface area contributed by atoms with Gasteiger partial charge in [-0.15, -0.1) is 0 Å². The average molecular weight is 358 g/mol. The second kappa shape index (κ2) is 7.29. The predicted molar refractivity (Wildman–Crippen MR) is 102 cm³/mol. The van der Waals surface area contributed by atoms with Crippen molar-refractivity contribution in [2.45, 2.75) is 13.5 Å². The van der Waals surface area contributed by atoms with E-state index in [1.54, 1.807) is 23.1 Å². The molecule has 0 saturated carbocycles. The van der Waals surface area contributed by atoms with E-state index in [9.17, 15) is 4.79 Å². The van der Waals surface area contributed by atoms with Crippen molar-refractivity contribution < 1.29 is 9.32 Å². The van der Waals surface area contributed by atoms with E-state index in [1.807, 2.05) is 42.5 Å². The Labute approximate surface area is 156 Å². The summed E-state index contributed by atoms with van der Waals surface area (Å²) in [6, 6.07) is 19.3. The molecular formula is C21H18N4O2. The highest BCUT2D eigenvalue weighted by Gasteiger charge is 2.14. The Morgan fingerprint density at radius 1 is 1.11 bits per heavy atom. The van der Waals surface area contributed by atoms with Gasteiger partial charge in [0, 0.05) is 17.8 Å². The Hall–Kier alpha value is -3.67. The highest BCUT2D eigenvalue weighted by atomic mass is 16.5. The lowest BCUT2D eigenvalue weighted by Gasteiger charge is -2.05. The maximum atomic E-state index is 12.4. The minimum atomic E-state index is -0.337. The van der Waals surface area contributed by atoms with E-state index in [2.05, 4.69) is 34.6 Å². The van der Waals surface area contributed by atoms with Gasteiger partial charge in [-0.25, -0.2) is 0 Å². The largest absolute Gasteiger partial charge is 0.355 e. The van der Waals surface area contributed by atoms with Gasteiger partial charge in [0.05, 0.1) is 18.4 Å². The molecule has 0 fully saturated rings. The van der Waals surface area contributed by atoms with Crippen molar-refractivity contribution in [1.82, 2.24) is 14.9 Å². The van der Waals surface area contributed by atoms with Crippen LogP contribution in [-0.2, 0) is 6.54 Å². The summed E-state index contributed by atoms with van der Waals surface area (Å²) in [5.41, 5.74) is 4.09. The average Bonchev–Trinajstić information content (AvgIpc) is 3.34. The van der Waals surface area contributed by atoms with Crippen LogP contribution in [0.1, 0.15) is 21.6 Å². The number of benzene rings is 2. The third-order valence-corrected chi connectivity index (χ3v) is 4.29. The number of aromatic nitrogens is 3. The summed E-state index contributed by atoms with van der Waals surface area (Å²) in [6.07, 6.45) is 3.41. The van der Waals surface area contributed by atoms with Crippen molar-refractivity contribution in [3.8, 4) is 11.3 Å². The Morgan fingerprint density at radius 2 is 1.89 bits per heavy atom. The van der Waals surface area contributed by atoms with Crippen molar-refractivity contribution >= 4 is 11.6 Å². The number of nitrogens with one attached hydrogen (secondary N) is 1. The molecule has 0 aliphatic rings. The molecule has 2 aromatic carbocycles. The van der Waals surface area contributed by atoms with Gasteiger partial charge in [-0.2, -0.15) is 5.10 Å². The van der Waals surface area contributed by atoms with Gasteiger partial charge in [0.2, 0.25) is 0 Å². The van der Waals surface area contributed by atoms with Crippen molar-refractivity contribution in [1.29, 1.82) is 0 Å². The minimum absolute atomic E-state index is 0.223. The number of amides is 1. The summed E-state index contributed by atoms with van der Waals surface area (Å²) in [5.74, 6) is 0.215. The molecule has 2 heterocycles. The summed E-state index contributed by atoms with van der Waals surface area (Å²) in [6.45, 7) is 2.71. The third kappa shape index (κ3) is 3.79. The minimum Gasteiger partial charge on any atom is -0.355 e. The summed E-state index contributed by atoms with van der Waals surface area (Å²) < 4.78 is 7.06. The summed E-state index contributed by atoms with van der Waals surface area (Å²) in [5, 5.41) is 11.0. The van der Waals surface area contributed by atoms with Crippen LogP contribution in [0.3, 0.4) is 0 Å². The van der Waals surface area contributed by atoms with Crippen LogP contribution in [0, 0.1) is 6.92 Å². The van der Waals surface area contributed by atoms with Gasteiger partial charge in [0.1, 0.15) is 0 Å². The van der Waals surface area contributed by atoms with Crippen molar-refractivity contribution in [2.24, 2.45) is 0 Å². The number of carbonyl (C=O) groups is 1. The van der Waals surface area contributed by atoms with E-state index in [-0.39, 0.29) is 11.6 Å². The highest BCUT2D eigenvalue weighted by Crippen LogP contribution is 2.20. The Kier molecular flexibility index (Phi) is 4.53. The molecule has 6 nitrogen and oxygen atoms in total. The Balaban J connectivity index is 1.44. The molecule has 0 aliphatic heterocycles. The molecule has 2 aromatic heterocycles. The Morgan fingerprint density at radius 3 is 2.70 bits per heavy atom. The maximum absolute atomic E-state index is 12.4.